The Kier molecular flexibility index (Phi) is 2.82. The first-order chi connectivity index (χ1) is 11.6. The zero-order valence-electron chi connectivity index (χ0n) is 14.3. The first-order valence-electron chi connectivity index (χ1n) is 9.01. The molecule has 2 aromatic rings. The van der Waals surface area contributed by atoms with Gasteiger partial charge >= 0.3 is 0 Å². The number of aromatic amines is 1. The lowest BCUT2D eigenvalue weighted by molar-refractivity contribution is -0.978. The molecule has 5 heterocycles. The number of hydrogen-bond acceptors (Lipinski definition) is 2. The number of phenolic OH excluding ortho intramolecular Hbond substituents is 1. The number of aliphatic hydroxyl groups is 1. The number of fused-ring (bicyclic) bond motifs is 4. The molecule has 4 aliphatic heterocycles. The quantitative estimate of drug-likeness (QED) is 0.558. The van der Waals surface area contributed by atoms with Crippen LogP contribution in [0.5, 0.6) is 5.75 Å². The zero-order valence-corrected chi connectivity index (χ0v) is 14.3. The molecule has 1 aromatic heterocycles. The van der Waals surface area contributed by atoms with Gasteiger partial charge in [0.1, 0.15) is 18.3 Å². The molecule has 5 atom stereocenters. The molecule has 0 radical (unpaired) electrons. The third-order valence-corrected chi connectivity index (χ3v) is 7.21. The first kappa shape index (κ1) is 14.6. The van der Waals surface area contributed by atoms with Crippen molar-refractivity contribution in [1.29, 1.82) is 0 Å². The average molecular weight is 325 g/mol. The summed E-state index contributed by atoms with van der Waals surface area (Å²) in [7, 11) is 2.38. The predicted molar refractivity (Wildman–Crippen MR) is 93.7 cm³/mol. The van der Waals surface area contributed by atoms with Crippen molar-refractivity contribution in [3.8, 4) is 5.75 Å². The molecule has 4 bridgehead atoms. The zero-order chi connectivity index (χ0) is 16.6. The Morgan fingerprint density at radius 3 is 2.96 bits per heavy atom. The number of nitrogens with one attached hydrogen (secondary N) is 1. The summed E-state index contributed by atoms with van der Waals surface area (Å²) in [6.07, 6.45) is 4.39. The lowest BCUT2D eigenvalue weighted by Gasteiger charge is -2.62. The van der Waals surface area contributed by atoms with E-state index in [1.807, 2.05) is 12.1 Å². The molecular formula is C20H25N2O2+. The van der Waals surface area contributed by atoms with Gasteiger partial charge in [0.05, 0.1) is 25.4 Å². The van der Waals surface area contributed by atoms with E-state index >= 15 is 0 Å². The number of likely N-dealkylation sites (N-methyl/N-ethyl adjacent to an activating group) is 1. The highest BCUT2D eigenvalue weighted by Crippen LogP contribution is 2.57. The van der Waals surface area contributed by atoms with Crippen LogP contribution < -0.4 is 0 Å². The van der Waals surface area contributed by atoms with Gasteiger partial charge in [-0.1, -0.05) is 6.08 Å². The van der Waals surface area contributed by atoms with Gasteiger partial charge in [0.15, 0.2) is 0 Å². The number of aromatic nitrogens is 1. The third kappa shape index (κ3) is 1.60. The van der Waals surface area contributed by atoms with E-state index in [-0.39, 0.29) is 6.61 Å². The van der Waals surface area contributed by atoms with Crippen molar-refractivity contribution in [3.63, 3.8) is 0 Å². The summed E-state index contributed by atoms with van der Waals surface area (Å²) in [6, 6.07) is 6.58. The van der Waals surface area contributed by atoms with Gasteiger partial charge in [-0.2, -0.15) is 0 Å². The van der Waals surface area contributed by atoms with Gasteiger partial charge in [-0.3, -0.25) is 0 Å². The summed E-state index contributed by atoms with van der Waals surface area (Å²) in [5.41, 5.74) is 5.39. The van der Waals surface area contributed by atoms with E-state index < -0.39 is 0 Å². The second-order valence-electron chi connectivity index (χ2n) is 8.09. The molecular weight excluding hydrogens is 300 g/mol. The predicted octanol–water partition coefficient (Wildman–Crippen LogP) is 2.87. The van der Waals surface area contributed by atoms with E-state index in [2.05, 4.69) is 25.0 Å². The Morgan fingerprint density at radius 1 is 1.38 bits per heavy atom. The van der Waals surface area contributed by atoms with Crippen LogP contribution in [-0.2, 0) is 6.42 Å². The summed E-state index contributed by atoms with van der Waals surface area (Å²) in [4.78, 5) is 3.67. The number of quaternary nitrogens is 1. The molecule has 4 heteroatoms. The number of allylic oxidation sites excluding steroid dienone is 1. The van der Waals surface area contributed by atoms with E-state index in [9.17, 15) is 10.2 Å². The highest BCUT2D eigenvalue weighted by Gasteiger charge is 2.61. The number of rotatable bonds is 1. The number of phenols is 1. The second kappa shape index (κ2) is 4.64. The molecule has 126 valence electrons. The molecule has 4 nitrogen and oxygen atoms in total. The number of nitrogens with zero attached hydrogens (tertiary/aromatic N) is 1. The van der Waals surface area contributed by atoms with Gasteiger partial charge in [-0.05, 0) is 36.3 Å². The molecule has 0 aliphatic carbocycles. The number of aromatic hydroxyl groups is 1. The average Bonchev–Trinajstić information content (AvgIpc) is 2.91. The summed E-state index contributed by atoms with van der Waals surface area (Å²) >= 11 is 0. The van der Waals surface area contributed by atoms with Crippen LogP contribution in [0.25, 0.3) is 10.9 Å². The number of benzene rings is 1. The van der Waals surface area contributed by atoms with E-state index in [0.717, 1.165) is 34.8 Å². The molecule has 3 saturated heterocycles. The van der Waals surface area contributed by atoms with Crippen molar-refractivity contribution in [2.24, 2.45) is 11.8 Å². The largest absolute Gasteiger partial charge is 0.508 e. The third-order valence-electron chi connectivity index (χ3n) is 7.21. The Labute approximate surface area is 142 Å². The maximum absolute atomic E-state index is 10.1. The van der Waals surface area contributed by atoms with Crippen LogP contribution in [0.2, 0.25) is 0 Å². The molecule has 4 aliphatic rings. The highest BCUT2D eigenvalue weighted by molar-refractivity contribution is 5.86. The van der Waals surface area contributed by atoms with E-state index in [1.54, 1.807) is 6.07 Å². The van der Waals surface area contributed by atoms with Gasteiger partial charge in [-0.25, -0.2) is 0 Å². The monoisotopic (exact) mass is 325 g/mol. The van der Waals surface area contributed by atoms with Crippen molar-refractivity contribution >= 4 is 10.9 Å². The number of hydrogen-bond donors (Lipinski definition) is 3. The highest BCUT2D eigenvalue weighted by atomic mass is 16.3. The normalized spacial score (nSPS) is 38.7. The van der Waals surface area contributed by atoms with E-state index in [1.165, 1.54) is 16.8 Å². The molecule has 0 spiro atoms. The molecule has 6 rings (SSSR count). The van der Waals surface area contributed by atoms with Crippen molar-refractivity contribution in [1.82, 2.24) is 4.98 Å². The summed E-state index contributed by atoms with van der Waals surface area (Å²) in [5.74, 6) is 1.20. The lowest BCUT2D eigenvalue weighted by Crippen LogP contribution is -2.70. The van der Waals surface area contributed by atoms with Gasteiger partial charge in [0.25, 0.3) is 0 Å². The van der Waals surface area contributed by atoms with Crippen LogP contribution in [0.4, 0.5) is 0 Å². The molecule has 24 heavy (non-hydrogen) atoms. The molecule has 3 fully saturated rings. The standard InChI is InChI=1S/C20H24N2O2/c1-3-11-9-22(2)18-8-15-14-6-12(24)4-5-17(14)21-20(15)19(22)7-13(11)16(18)10-23/h3-6,13,16,18-19,21,23H,7-10H2,1-2H3/p+1/b11-3-/t13-,16?,18+,19+,22?/m1/s1. The minimum Gasteiger partial charge on any atom is -0.508 e. The van der Waals surface area contributed by atoms with Crippen LogP contribution in [0, 0.1) is 11.8 Å². The van der Waals surface area contributed by atoms with Crippen LogP contribution >= 0.6 is 0 Å². The second-order valence-corrected chi connectivity index (χ2v) is 8.09. The van der Waals surface area contributed by atoms with Gasteiger partial charge in [-0.15, -0.1) is 0 Å². The Morgan fingerprint density at radius 2 is 2.21 bits per heavy atom. The SMILES string of the molecule is C/C=C1/C[N+]2(C)[C@H]3C[C@H]1C(CO)[C@@H]2Cc1c3[nH]c2ccc(O)cc12. The Hall–Kier alpha value is -1.78. The lowest BCUT2D eigenvalue weighted by atomic mass is 9.62. The van der Waals surface area contributed by atoms with Crippen molar-refractivity contribution in [2.75, 3.05) is 20.2 Å². The summed E-state index contributed by atoms with van der Waals surface area (Å²) in [5, 5.41) is 21.2. The smallest absolute Gasteiger partial charge is 0.131 e. The maximum Gasteiger partial charge on any atom is 0.131 e. The van der Waals surface area contributed by atoms with Gasteiger partial charge in [0.2, 0.25) is 0 Å². The van der Waals surface area contributed by atoms with E-state index in [0.29, 0.717) is 29.7 Å². The molecule has 1 aromatic carbocycles. The number of piperidine rings is 3. The Balaban J connectivity index is 1.73. The van der Waals surface area contributed by atoms with Gasteiger partial charge in [0, 0.05) is 35.6 Å². The van der Waals surface area contributed by atoms with Crippen LogP contribution in [-0.4, -0.2) is 45.9 Å². The molecule has 0 amide bonds. The minimum atomic E-state index is 0.274. The minimum absolute atomic E-state index is 0.274. The topological polar surface area (TPSA) is 56.2 Å². The van der Waals surface area contributed by atoms with Crippen molar-refractivity contribution in [3.05, 3.63) is 41.1 Å². The molecule has 3 N–H and O–H groups in total. The van der Waals surface area contributed by atoms with Crippen LogP contribution in [0.15, 0.2) is 29.8 Å². The fraction of sp³-hybridized carbons (Fsp3) is 0.500. The maximum atomic E-state index is 10.1. The summed E-state index contributed by atoms with van der Waals surface area (Å²) in [6.45, 7) is 3.52. The van der Waals surface area contributed by atoms with Gasteiger partial charge < -0.3 is 19.7 Å². The first-order valence-corrected chi connectivity index (χ1v) is 9.01. The number of aliphatic hydroxyl groups excluding tert-OH is 1. The van der Waals surface area contributed by atoms with Crippen molar-refractivity contribution in [2.45, 2.75) is 31.8 Å². The van der Waals surface area contributed by atoms with Crippen LogP contribution in [0.3, 0.4) is 0 Å². The fourth-order valence-electron chi connectivity index (χ4n) is 6.05. The fourth-order valence-corrected chi connectivity index (χ4v) is 6.05. The van der Waals surface area contributed by atoms with Crippen molar-refractivity contribution < 1.29 is 14.7 Å². The van der Waals surface area contributed by atoms with Crippen LogP contribution in [0.1, 0.15) is 30.6 Å². The Bertz CT molecular complexity index is 868. The summed E-state index contributed by atoms with van der Waals surface area (Å²) < 4.78 is 1.02. The number of H-pyrrole nitrogens is 1. The molecule has 0 saturated carbocycles. The van der Waals surface area contributed by atoms with E-state index in [4.69, 9.17) is 0 Å². The molecule has 2 unspecified atom stereocenters.